The Bertz CT molecular complexity index is 1050. The summed E-state index contributed by atoms with van der Waals surface area (Å²) in [5, 5.41) is 1.07. The normalized spacial score (nSPS) is 11.4. The van der Waals surface area contributed by atoms with Crippen LogP contribution in [0.4, 0.5) is 0 Å². The van der Waals surface area contributed by atoms with Crippen LogP contribution in [0.2, 0.25) is 10.0 Å². The molecule has 0 aromatic heterocycles. The molecule has 0 spiro atoms. The summed E-state index contributed by atoms with van der Waals surface area (Å²) < 4.78 is 33.2. The van der Waals surface area contributed by atoms with Crippen molar-refractivity contribution < 1.29 is 13.2 Å². The Hall–Kier alpha value is -2.05. The average molecular weight is 436 g/mol. The van der Waals surface area contributed by atoms with Crippen molar-refractivity contribution in [2.45, 2.75) is 25.0 Å². The second-order valence-electron chi connectivity index (χ2n) is 6.27. The molecular formula is C21H19Cl2NO3S. The summed E-state index contributed by atoms with van der Waals surface area (Å²) in [7, 11) is -3.58. The molecule has 3 rings (SSSR count). The lowest BCUT2D eigenvalue weighted by atomic mass is 10.2. The van der Waals surface area contributed by atoms with E-state index < -0.39 is 10.0 Å². The average Bonchev–Trinajstić information content (AvgIpc) is 2.67. The molecule has 0 saturated carbocycles. The van der Waals surface area contributed by atoms with E-state index >= 15 is 0 Å². The first-order valence-electron chi connectivity index (χ1n) is 8.56. The van der Waals surface area contributed by atoms with Crippen LogP contribution < -0.4 is 9.46 Å². The summed E-state index contributed by atoms with van der Waals surface area (Å²) in [6.07, 6.45) is 0. The van der Waals surface area contributed by atoms with Crippen LogP contribution in [0.15, 0.2) is 71.6 Å². The molecule has 0 amide bonds. The van der Waals surface area contributed by atoms with Crippen LogP contribution in [-0.4, -0.2) is 8.42 Å². The van der Waals surface area contributed by atoms with Crippen molar-refractivity contribution in [1.29, 1.82) is 0 Å². The minimum Gasteiger partial charge on any atom is -0.489 e. The molecule has 146 valence electrons. The highest BCUT2D eigenvalue weighted by atomic mass is 35.5. The van der Waals surface area contributed by atoms with E-state index in [0.29, 0.717) is 21.4 Å². The fourth-order valence-corrected chi connectivity index (χ4v) is 4.07. The molecule has 0 aliphatic carbocycles. The Kier molecular flexibility index (Phi) is 6.62. The third-order valence-electron chi connectivity index (χ3n) is 4.14. The molecule has 0 aliphatic heterocycles. The van der Waals surface area contributed by atoms with Gasteiger partial charge >= 0.3 is 0 Å². The van der Waals surface area contributed by atoms with Gasteiger partial charge in [-0.25, -0.2) is 13.1 Å². The summed E-state index contributed by atoms with van der Waals surface area (Å²) in [6.45, 7) is 2.28. The fraction of sp³-hybridized carbons (Fsp3) is 0.143. The van der Waals surface area contributed by atoms with Crippen LogP contribution in [0.1, 0.15) is 16.7 Å². The van der Waals surface area contributed by atoms with Gasteiger partial charge in [-0.2, -0.15) is 0 Å². The van der Waals surface area contributed by atoms with Crippen molar-refractivity contribution in [3.63, 3.8) is 0 Å². The molecule has 0 atom stereocenters. The minimum absolute atomic E-state index is 0.153. The number of aryl methyl sites for hydroxylation is 1. The summed E-state index contributed by atoms with van der Waals surface area (Å²) >= 11 is 12.3. The molecule has 4 nitrogen and oxygen atoms in total. The van der Waals surface area contributed by atoms with Gasteiger partial charge < -0.3 is 4.74 Å². The van der Waals surface area contributed by atoms with Gasteiger partial charge in [0.25, 0.3) is 0 Å². The lowest BCUT2D eigenvalue weighted by Crippen LogP contribution is -2.23. The number of nitrogens with one attached hydrogen (secondary N) is 1. The Labute approximate surface area is 175 Å². The van der Waals surface area contributed by atoms with E-state index in [-0.39, 0.29) is 18.0 Å². The van der Waals surface area contributed by atoms with Gasteiger partial charge in [-0.05, 0) is 48.9 Å². The number of rotatable bonds is 7. The second kappa shape index (κ2) is 8.97. The van der Waals surface area contributed by atoms with Gasteiger partial charge in [0.1, 0.15) is 12.4 Å². The molecule has 0 heterocycles. The highest BCUT2D eigenvalue weighted by molar-refractivity contribution is 7.89. The molecule has 3 aromatic rings. The molecule has 0 aliphatic rings. The van der Waals surface area contributed by atoms with E-state index in [1.54, 1.807) is 60.7 Å². The van der Waals surface area contributed by atoms with Crippen LogP contribution in [0.25, 0.3) is 0 Å². The maximum atomic E-state index is 12.4. The summed E-state index contributed by atoms with van der Waals surface area (Å²) in [5.41, 5.74) is 2.48. The standard InChI is InChI=1S/C21H19Cl2NO3S/c1-15-8-10-18(11-9-15)28(25,26)24-13-16-4-2-5-17(12-16)27-14-19-20(22)6-3-7-21(19)23/h2-12,24H,13-14H2,1H3. The molecular weight excluding hydrogens is 417 g/mol. The van der Waals surface area contributed by atoms with E-state index in [4.69, 9.17) is 27.9 Å². The molecule has 0 radical (unpaired) electrons. The second-order valence-corrected chi connectivity index (χ2v) is 8.86. The van der Waals surface area contributed by atoms with E-state index in [1.165, 1.54) is 0 Å². The molecule has 0 bridgehead atoms. The first kappa shape index (κ1) is 20.7. The van der Waals surface area contributed by atoms with Crippen LogP contribution in [0.3, 0.4) is 0 Å². The van der Waals surface area contributed by atoms with Gasteiger partial charge in [-0.15, -0.1) is 0 Å². The van der Waals surface area contributed by atoms with Gasteiger partial charge in [0, 0.05) is 22.2 Å². The monoisotopic (exact) mass is 435 g/mol. The maximum Gasteiger partial charge on any atom is 0.240 e. The van der Waals surface area contributed by atoms with Crippen molar-refractivity contribution in [2.24, 2.45) is 0 Å². The molecule has 3 aromatic carbocycles. The lowest BCUT2D eigenvalue weighted by Gasteiger charge is -2.11. The van der Waals surface area contributed by atoms with Gasteiger partial charge in [0.2, 0.25) is 10.0 Å². The number of benzene rings is 3. The largest absolute Gasteiger partial charge is 0.489 e. The van der Waals surface area contributed by atoms with E-state index in [1.807, 2.05) is 13.0 Å². The summed E-state index contributed by atoms with van der Waals surface area (Å²) in [4.78, 5) is 0.235. The Morgan fingerprint density at radius 2 is 1.57 bits per heavy atom. The molecule has 28 heavy (non-hydrogen) atoms. The van der Waals surface area contributed by atoms with Crippen molar-refractivity contribution in [2.75, 3.05) is 0 Å². The Balaban J connectivity index is 1.65. The van der Waals surface area contributed by atoms with Crippen molar-refractivity contribution >= 4 is 33.2 Å². The van der Waals surface area contributed by atoms with Crippen LogP contribution in [-0.2, 0) is 23.2 Å². The Morgan fingerprint density at radius 1 is 0.929 bits per heavy atom. The van der Waals surface area contributed by atoms with Gasteiger partial charge in [-0.1, -0.05) is 59.1 Å². The Morgan fingerprint density at radius 3 is 2.25 bits per heavy atom. The van der Waals surface area contributed by atoms with E-state index in [2.05, 4.69) is 4.72 Å². The summed E-state index contributed by atoms with van der Waals surface area (Å²) in [6, 6.07) is 19.2. The molecule has 1 N–H and O–H groups in total. The van der Waals surface area contributed by atoms with Crippen molar-refractivity contribution in [3.05, 3.63) is 93.5 Å². The smallest absolute Gasteiger partial charge is 0.240 e. The van der Waals surface area contributed by atoms with Crippen molar-refractivity contribution in [3.8, 4) is 5.75 Å². The molecule has 0 unspecified atom stereocenters. The lowest BCUT2D eigenvalue weighted by molar-refractivity contribution is 0.306. The summed E-state index contributed by atoms with van der Waals surface area (Å²) in [5.74, 6) is 0.600. The highest BCUT2D eigenvalue weighted by Crippen LogP contribution is 2.26. The highest BCUT2D eigenvalue weighted by Gasteiger charge is 2.13. The number of hydrogen-bond acceptors (Lipinski definition) is 3. The zero-order valence-corrected chi connectivity index (χ0v) is 17.5. The molecule has 0 saturated heterocycles. The maximum absolute atomic E-state index is 12.4. The zero-order chi connectivity index (χ0) is 20.1. The first-order chi connectivity index (χ1) is 13.3. The van der Waals surface area contributed by atoms with Crippen LogP contribution in [0.5, 0.6) is 5.75 Å². The number of ether oxygens (including phenoxy) is 1. The minimum atomic E-state index is -3.58. The van der Waals surface area contributed by atoms with E-state index in [0.717, 1.165) is 11.1 Å². The number of hydrogen-bond donors (Lipinski definition) is 1. The third kappa shape index (κ3) is 5.26. The quantitative estimate of drug-likeness (QED) is 0.543. The van der Waals surface area contributed by atoms with Gasteiger partial charge in [-0.3, -0.25) is 0 Å². The first-order valence-corrected chi connectivity index (χ1v) is 10.8. The van der Waals surface area contributed by atoms with Gasteiger partial charge in [0.05, 0.1) is 4.90 Å². The van der Waals surface area contributed by atoms with E-state index in [9.17, 15) is 8.42 Å². The predicted molar refractivity (Wildman–Crippen MR) is 112 cm³/mol. The predicted octanol–water partition coefficient (Wildman–Crippen LogP) is 5.36. The zero-order valence-electron chi connectivity index (χ0n) is 15.2. The van der Waals surface area contributed by atoms with Crippen LogP contribution in [0, 0.1) is 6.92 Å². The molecule has 0 fully saturated rings. The molecule has 7 heteroatoms. The van der Waals surface area contributed by atoms with Gasteiger partial charge in [0.15, 0.2) is 0 Å². The third-order valence-corrected chi connectivity index (χ3v) is 6.27. The fourth-order valence-electron chi connectivity index (χ4n) is 2.55. The van der Waals surface area contributed by atoms with Crippen molar-refractivity contribution in [1.82, 2.24) is 4.72 Å². The number of sulfonamides is 1. The topological polar surface area (TPSA) is 55.4 Å². The SMILES string of the molecule is Cc1ccc(S(=O)(=O)NCc2cccc(OCc3c(Cl)cccc3Cl)c2)cc1. The van der Waals surface area contributed by atoms with Crippen LogP contribution >= 0.6 is 23.2 Å². The number of halogens is 2.